The highest BCUT2D eigenvalue weighted by Gasteiger charge is 2.30. The number of benzene rings is 1. The average molecular weight is 394 g/mol. The van der Waals surface area contributed by atoms with E-state index in [1.165, 1.54) is 23.5 Å². The number of sulfonamides is 1. The Bertz CT molecular complexity index is 888. The molecule has 1 N–H and O–H groups in total. The molecule has 1 aromatic heterocycles. The van der Waals surface area contributed by atoms with Crippen LogP contribution in [0, 0.1) is 5.92 Å². The second-order valence-corrected chi connectivity index (χ2v) is 9.40. The first kappa shape index (κ1) is 18.9. The van der Waals surface area contributed by atoms with Crippen LogP contribution in [0.5, 0.6) is 0 Å². The van der Waals surface area contributed by atoms with Crippen LogP contribution in [0.3, 0.4) is 0 Å². The number of rotatable bonds is 6. The van der Waals surface area contributed by atoms with Crippen molar-refractivity contribution in [1.29, 1.82) is 0 Å². The van der Waals surface area contributed by atoms with Crippen LogP contribution >= 0.6 is 11.3 Å². The Kier molecular flexibility index (Phi) is 5.67. The standard InChI is InChI=1S/C19H23NO4S2/c1-3-11-24-19(21)17-15-10-9-13(2)12-16(15)25-18(17)20-26(22,23)14-7-5-4-6-8-14/h4-8,13,20H,3,9-12H2,1-2H3/t13-/m0/s1. The molecule has 7 heteroatoms. The lowest BCUT2D eigenvalue weighted by molar-refractivity contribution is 0.0505. The fourth-order valence-electron chi connectivity index (χ4n) is 3.09. The molecule has 26 heavy (non-hydrogen) atoms. The van der Waals surface area contributed by atoms with Crippen LogP contribution in [0.25, 0.3) is 0 Å². The zero-order valence-electron chi connectivity index (χ0n) is 14.9. The van der Waals surface area contributed by atoms with E-state index < -0.39 is 16.0 Å². The van der Waals surface area contributed by atoms with Crippen LogP contribution in [0.1, 0.15) is 47.5 Å². The number of fused-ring (bicyclic) bond motifs is 1. The van der Waals surface area contributed by atoms with Gasteiger partial charge in [0.25, 0.3) is 10.0 Å². The minimum atomic E-state index is -3.75. The number of anilines is 1. The summed E-state index contributed by atoms with van der Waals surface area (Å²) in [4.78, 5) is 13.9. The minimum absolute atomic E-state index is 0.174. The number of esters is 1. The van der Waals surface area contributed by atoms with E-state index in [-0.39, 0.29) is 4.90 Å². The van der Waals surface area contributed by atoms with Crippen molar-refractivity contribution >= 4 is 32.3 Å². The summed E-state index contributed by atoms with van der Waals surface area (Å²) in [6.07, 6.45) is 3.35. The normalized spacial score (nSPS) is 16.8. The fourth-order valence-corrected chi connectivity index (χ4v) is 5.81. The molecule has 1 aliphatic rings. The first-order chi connectivity index (χ1) is 12.4. The largest absolute Gasteiger partial charge is 0.462 e. The number of carbonyl (C=O) groups is 1. The van der Waals surface area contributed by atoms with Crippen molar-refractivity contribution in [2.24, 2.45) is 5.92 Å². The molecule has 0 aliphatic heterocycles. The maximum atomic E-state index is 12.7. The maximum Gasteiger partial charge on any atom is 0.341 e. The molecule has 1 aliphatic carbocycles. The Morgan fingerprint density at radius 3 is 2.73 bits per heavy atom. The number of thiophene rings is 1. The Labute approximate surface area is 158 Å². The summed E-state index contributed by atoms with van der Waals surface area (Å²) in [5.41, 5.74) is 1.34. The van der Waals surface area contributed by atoms with Crippen molar-refractivity contribution in [1.82, 2.24) is 0 Å². The van der Waals surface area contributed by atoms with Crippen LogP contribution in [0.2, 0.25) is 0 Å². The lowest BCUT2D eigenvalue weighted by Crippen LogP contribution is -2.17. The van der Waals surface area contributed by atoms with Crippen LogP contribution in [0.15, 0.2) is 35.2 Å². The fraction of sp³-hybridized carbons (Fsp3) is 0.421. The van der Waals surface area contributed by atoms with Crippen molar-refractivity contribution in [2.45, 2.75) is 44.4 Å². The molecule has 1 heterocycles. The lowest BCUT2D eigenvalue weighted by Gasteiger charge is -2.18. The average Bonchev–Trinajstić information content (AvgIpc) is 2.96. The van der Waals surface area contributed by atoms with Gasteiger partial charge in [0.1, 0.15) is 5.00 Å². The summed E-state index contributed by atoms with van der Waals surface area (Å²) in [5.74, 6) is 0.0870. The van der Waals surface area contributed by atoms with E-state index in [4.69, 9.17) is 4.74 Å². The molecule has 0 spiro atoms. The zero-order chi connectivity index (χ0) is 18.7. The maximum absolute atomic E-state index is 12.7. The third-order valence-corrected chi connectivity index (χ3v) is 7.10. The summed E-state index contributed by atoms with van der Waals surface area (Å²) in [6, 6.07) is 8.18. The van der Waals surface area contributed by atoms with Crippen molar-refractivity contribution in [3.05, 3.63) is 46.3 Å². The van der Waals surface area contributed by atoms with Crippen molar-refractivity contribution < 1.29 is 17.9 Å². The first-order valence-corrected chi connectivity index (χ1v) is 11.1. The van der Waals surface area contributed by atoms with E-state index in [1.807, 2.05) is 6.92 Å². The van der Waals surface area contributed by atoms with Gasteiger partial charge in [-0.2, -0.15) is 0 Å². The number of hydrogen-bond acceptors (Lipinski definition) is 5. The smallest absolute Gasteiger partial charge is 0.341 e. The summed E-state index contributed by atoms with van der Waals surface area (Å²) < 4.78 is 33.4. The summed E-state index contributed by atoms with van der Waals surface area (Å²) in [7, 11) is -3.75. The molecule has 0 saturated heterocycles. The molecular formula is C19H23NO4S2. The highest BCUT2D eigenvalue weighted by atomic mass is 32.2. The number of carbonyl (C=O) groups excluding carboxylic acids is 1. The second kappa shape index (κ2) is 7.80. The van der Waals surface area contributed by atoms with Crippen LogP contribution in [-0.2, 0) is 27.6 Å². The van der Waals surface area contributed by atoms with Gasteiger partial charge in [0, 0.05) is 4.88 Å². The minimum Gasteiger partial charge on any atom is -0.462 e. The van der Waals surface area contributed by atoms with Gasteiger partial charge in [-0.25, -0.2) is 13.2 Å². The molecule has 0 unspecified atom stereocenters. The quantitative estimate of drug-likeness (QED) is 0.745. The van der Waals surface area contributed by atoms with E-state index in [1.54, 1.807) is 18.2 Å². The topological polar surface area (TPSA) is 72.5 Å². The summed E-state index contributed by atoms with van der Waals surface area (Å²) in [6.45, 7) is 4.42. The molecule has 0 fully saturated rings. The van der Waals surface area contributed by atoms with Crippen LogP contribution < -0.4 is 4.72 Å². The van der Waals surface area contributed by atoms with E-state index in [9.17, 15) is 13.2 Å². The molecule has 0 saturated carbocycles. The first-order valence-electron chi connectivity index (χ1n) is 8.82. The van der Waals surface area contributed by atoms with Gasteiger partial charge in [-0.05, 0) is 49.3 Å². The summed E-state index contributed by atoms with van der Waals surface area (Å²) in [5, 5.41) is 0.369. The molecule has 140 valence electrons. The SMILES string of the molecule is CCCOC(=O)c1c(NS(=O)(=O)c2ccccc2)sc2c1CC[C@H](C)C2. The third kappa shape index (κ3) is 3.94. The molecule has 2 aromatic rings. The summed E-state index contributed by atoms with van der Waals surface area (Å²) >= 11 is 1.36. The Balaban J connectivity index is 1.99. The third-order valence-electron chi connectivity index (χ3n) is 4.43. The van der Waals surface area contributed by atoms with Gasteiger partial charge in [0.2, 0.25) is 0 Å². The van der Waals surface area contributed by atoms with E-state index >= 15 is 0 Å². The number of ether oxygens (including phenoxy) is 1. The van der Waals surface area contributed by atoms with Crippen LogP contribution in [0.4, 0.5) is 5.00 Å². The second-order valence-electron chi connectivity index (χ2n) is 6.61. The van der Waals surface area contributed by atoms with Crippen molar-refractivity contribution in [2.75, 3.05) is 11.3 Å². The van der Waals surface area contributed by atoms with Gasteiger partial charge in [0.05, 0.1) is 17.1 Å². The van der Waals surface area contributed by atoms with E-state index in [2.05, 4.69) is 11.6 Å². The molecular weight excluding hydrogens is 370 g/mol. The Morgan fingerprint density at radius 1 is 1.31 bits per heavy atom. The Hall–Kier alpha value is -1.86. The molecule has 1 atom stereocenters. The monoisotopic (exact) mass is 393 g/mol. The van der Waals surface area contributed by atoms with Gasteiger partial charge < -0.3 is 4.74 Å². The molecule has 0 amide bonds. The van der Waals surface area contributed by atoms with E-state index in [0.29, 0.717) is 23.1 Å². The number of nitrogens with one attached hydrogen (secondary N) is 1. The molecule has 0 radical (unpaired) electrons. The van der Waals surface area contributed by atoms with Gasteiger partial charge >= 0.3 is 5.97 Å². The number of hydrogen-bond donors (Lipinski definition) is 1. The van der Waals surface area contributed by atoms with Crippen molar-refractivity contribution in [3.8, 4) is 0 Å². The highest BCUT2D eigenvalue weighted by molar-refractivity contribution is 7.93. The predicted molar refractivity (Wildman–Crippen MR) is 103 cm³/mol. The Morgan fingerprint density at radius 2 is 2.04 bits per heavy atom. The van der Waals surface area contributed by atoms with Gasteiger partial charge in [-0.15, -0.1) is 11.3 Å². The van der Waals surface area contributed by atoms with Gasteiger partial charge in [-0.3, -0.25) is 4.72 Å². The molecule has 0 bridgehead atoms. The zero-order valence-corrected chi connectivity index (χ0v) is 16.6. The van der Waals surface area contributed by atoms with Gasteiger partial charge in [0.15, 0.2) is 0 Å². The lowest BCUT2D eigenvalue weighted by atomic mass is 9.88. The molecule has 5 nitrogen and oxygen atoms in total. The van der Waals surface area contributed by atoms with Crippen LogP contribution in [-0.4, -0.2) is 21.0 Å². The van der Waals surface area contributed by atoms with Crippen molar-refractivity contribution in [3.63, 3.8) is 0 Å². The predicted octanol–water partition coefficient (Wildman–Crippen LogP) is 4.24. The highest BCUT2D eigenvalue weighted by Crippen LogP contribution is 2.40. The van der Waals surface area contributed by atoms with E-state index in [0.717, 1.165) is 36.1 Å². The molecule has 1 aromatic carbocycles. The molecule has 3 rings (SSSR count). The van der Waals surface area contributed by atoms with Gasteiger partial charge in [-0.1, -0.05) is 32.0 Å².